The van der Waals surface area contributed by atoms with Crippen molar-refractivity contribution in [3.05, 3.63) is 81.0 Å². The first kappa shape index (κ1) is 21.0. The van der Waals surface area contributed by atoms with Crippen molar-refractivity contribution < 1.29 is 4.92 Å². The van der Waals surface area contributed by atoms with Crippen molar-refractivity contribution in [2.75, 3.05) is 17.2 Å². The monoisotopic (exact) mass is 427 g/mol. The normalized spacial score (nSPS) is 14.7. The van der Waals surface area contributed by atoms with E-state index in [4.69, 9.17) is 5.26 Å². The summed E-state index contributed by atoms with van der Waals surface area (Å²) in [6, 6.07) is 13.3. The highest BCUT2D eigenvalue weighted by atomic mass is 16.6. The van der Waals surface area contributed by atoms with Gasteiger partial charge in [-0.25, -0.2) is 4.98 Å². The highest BCUT2D eigenvalue weighted by Gasteiger charge is 2.20. The number of hydrogen-bond donors (Lipinski definition) is 3. The lowest BCUT2D eigenvalue weighted by atomic mass is 10.0. The van der Waals surface area contributed by atoms with Crippen LogP contribution in [0.5, 0.6) is 0 Å². The highest BCUT2D eigenvalue weighted by molar-refractivity contribution is 5.73. The first-order valence-electron chi connectivity index (χ1n) is 10.0. The van der Waals surface area contributed by atoms with Crippen LogP contribution in [0.15, 0.2) is 48.7 Å². The number of aryl methyl sites for hydroxylation is 2. The highest BCUT2D eigenvalue weighted by Crippen LogP contribution is 2.31. The van der Waals surface area contributed by atoms with Gasteiger partial charge in [0, 0.05) is 24.0 Å². The second kappa shape index (κ2) is 8.83. The van der Waals surface area contributed by atoms with Crippen LogP contribution in [0.1, 0.15) is 22.3 Å². The fraction of sp³-hybridized carbons (Fsp3) is 0.174. The molecule has 32 heavy (non-hydrogen) atoms. The number of rotatable bonds is 7. The van der Waals surface area contributed by atoms with E-state index in [1.807, 2.05) is 26.0 Å². The molecular weight excluding hydrogens is 406 g/mol. The lowest BCUT2D eigenvalue weighted by Gasteiger charge is -2.14. The van der Waals surface area contributed by atoms with Crippen LogP contribution in [-0.4, -0.2) is 27.5 Å². The summed E-state index contributed by atoms with van der Waals surface area (Å²) in [6.07, 6.45) is 5.37. The molecule has 1 fully saturated rings. The van der Waals surface area contributed by atoms with E-state index in [9.17, 15) is 10.1 Å². The van der Waals surface area contributed by atoms with Crippen molar-refractivity contribution in [1.29, 1.82) is 5.26 Å². The van der Waals surface area contributed by atoms with Gasteiger partial charge in [-0.2, -0.15) is 10.2 Å². The van der Waals surface area contributed by atoms with E-state index >= 15 is 0 Å². The molecule has 0 bridgehead atoms. The van der Waals surface area contributed by atoms with Crippen LogP contribution in [-0.2, 0) is 0 Å². The van der Waals surface area contributed by atoms with Gasteiger partial charge in [0.1, 0.15) is 6.20 Å². The minimum absolute atomic E-state index is 0.0952. The zero-order valence-corrected chi connectivity index (χ0v) is 17.6. The second-order valence-electron chi connectivity index (χ2n) is 7.53. The molecule has 0 aliphatic carbocycles. The molecule has 0 saturated carbocycles. The van der Waals surface area contributed by atoms with E-state index in [0.29, 0.717) is 17.3 Å². The topological polar surface area (TPSA) is 139 Å². The Labute approximate surface area is 185 Å². The van der Waals surface area contributed by atoms with Gasteiger partial charge in [0.05, 0.1) is 16.6 Å². The van der Waals surface area contributed by atoms with Crippen LogP contribution < -0.4 is 16.0 Å². The molecule has 0 amide bonds. The molecular formula is C23H21N7O2. The van der Waals surface area contributed by atoms with Gasteiger partial charge >= 0.3 is 5.69 Å². The molecule has 9 heteroatoms. The number of benzene rings is 2. The smallest absolute Gasteiger partial charge is 0.329 e. The number of nitrogens with zero attached hydrogens (tertiary/aromatic N) is 4. The fourth-order valence-corrected chi connectivity index (χ4v) is 3.26. The summed E-state index contributed by atoms with van der Waals surface area (Å²) >= 11 is 0. The molecule has 9 nitrogen and oxygen atoms in total. The van der Waals surface area contributed by atoms with Gasteiger partial charge < -0.3 is 16.0 Å². The van der Waals surface area contributed by atoms with Gasteiger partial charge in [-0.05, 0) is 66.9 Å². The molecule has 160 valence electrons. The van der Waals surface area contributed by atoms with Crippen LogP contribution in [0, 0.1) is 35.3 Å². The molecule has 4 rings (SSSR count). The van der Waals surface area contributed by atoms with Gasteiger partial charge in [-0.1, -0.05) is 12.2 Å². The van der Waals surface area contributed by atoms with Crippen molar-refractivity contribution in [1.82, 2.24) is 15.3 Å². The number of hydrogen-bond acceptors (Lipinski definition) is 8. The first-order valence-corrected chi connectivity index (χ1v) is 10.0. The van der Waals surface area contributed by atoms with Crippen molar-refractivity contribution in [3.63, 3.8) is 0 Å². The van der Waals surface area contributed by atoms with Gasteiger partial charge in [0.15, 0.2) is 0 Å². The van der Waals surface area contributed by atoms with Gasteiger partial charge in [0.25, 0.3) is 0 Å². The second-order valence-corrected chi connectivity index (χ2v) is 7.53. The number of nitro groups is 1. The predicted octanol–water partition coefficient (Wildman–Crippen LogP) is 4.35. The maximum Gasteiger partial charge on any atom is 0.329 e. The van der Waals surface area contributed by atoms with Crippen molar-refractivity contribution in [2.45, 2.75) is 19.9 Å². The number of aromatic nitrogens is 2. The largest absolute Gasteiger partial charge is 0.334 e. The summed E-state index contributed by atoms with van der Waals surface area (Å²) in [6.45, 7) is 4.90. The zero-order chi connectivity index (χ0) is 22.7. The Morgan fingerprint density at radius 2 is 1.91 bits per heavy atom. The van der Waals surface area contributed by atoms with Crippen LogP contribution in [0.25, 0.3) is 6.08 Å². The van der Waals surface area contributed by atoms with E-state index < -0.39 is 4.92 Å². The average molecular weight is 427 g/mol. The molecule has 1 unspecified atom stereocenters. The van der Waals surface area contributed by atoms with E-state index in [-0.39, 0.29) is 17.5 Å². The van der Waals surface area contributed by atoms with Crippen LogP contribution in [0.4, 0.5) is 28.8 Å². The van der Waals surface area contributed by atoms with Gasteiger partial charge in [-0.15, -0.1) is 0 Å². The van der Waals surface area contributed by atoms with Gasteiger partial charge in [0.2, 0.25) is 11.8 Å². The minimum Gasteiger partial charge on any atom is -0.334 e. The molecule has 3 N–H and O–H groups in total. The van der Waals surface area contributed by atoms with Crippen molar-refractivity contribution in [2.24, 2.45) is 0 Å². The standard InChI is InChI=1S/C23H21N7O2/c1-14-9-17(5-8-19-12-25-19)10-15(2)21(14)28-22-20(30(31)32)13-26-23(29-22)27-18-6-3-16(11-24)4-7-18/h3-10,13,19,25H,12H2,1-2H3,(H2,26,27,28,29)/b8-5+. The van der Waals surface area contributed by atoms with E-state index in [2.05, 4.69) is 44.1 Å². The quantitative estimate of drug-likeness (QED) is 0.287. The van der Waals surface area contributed by atoms with E-state index in [0.717, 1.165) is 28.9 Å². The fourth-order valence-electron chi connectivity index (χ4n) is 3.26. The molecule has 1 saturated heterocycles. The Balaban J connectivity index is 1.62. The average Bonchev–Trinajstić information content (AvgIpc) is 3.60. The predicted molar refractivity (Wildman–Crippen MR) is 123 cm³/mol. The van der Waals surface area contributed by atoms with Gasteiger partial charge in [-0.3, -0.25) is 10.1 Å². The molecule has 0 spiro atoms. The van der Waals surface area contributed by atoms with Crippen LogP contribution >= 0.6 is 0 Å². The lowest BCUT2D eigenvalue weighted by molar-refractivity contribution is -0.384. The third-order valence-electron chi connectivity index (χ3n) is 5.00. The summed E-state index contributed by atoms with van der Waals surface area (Å²) in [5, 5.41) is 29.8. The summed E-state index contributed by atoms with van der Waals surface area (Å²) < 4.78 is 0. The Kier molecular flexibility index (Phi) is 5.79. The summed E-state index contributed by atoms with van der Waals surface area (Å²) in [5.74, 6) is 0.299. The van der Waals surface area contributed by atoms with Crippen LogP contribution in [0.3, 0.4) is 0 Å². The molecule has 0 radical (unpaired) electrons. The lowest BCUT2D eigenvalue weighted by Crippen LogP contribution is -2.06. The molecule has 3 aromatic rings. The van der Waals surface area contributed by atoms with E-state index in [1.54, 1.807) is 24.3 Å². The minimum atomic E-state index is -0.516. The third kappa shape index (κ3) is 4.88. The number of nitriles is 1. The Morgan fingerprint density at radius 3 is 2.50 bits per heavy atom. The SMILES string of the molecule is Cc1cc(/C=C/C2CN2)cc(C)c1Nc1nc(Nc2ccc(C#N)cc2)ncc1[N+](=O)[O-]. The first-order chi connectivity index (χ1) is 15.4. The maximum absolute atomic E-state index is 11.6. The summed E-state index contributed by atoms with van der Waals surface area (Å²) in [5.41, 5.74) is 4.69. The molecule has 1 aliphatic heterocycles. The molecule has 1 aromatic heterocycles. The third-order valence-corrected chi connectivity index (χ3v) is 5.00. The molecule has 1 aliphatic rings. The Hall–Kier alpha value is -4.29. The van der Waals surface area contributed by atoms with Crippen molar-refractivity contribution in [3.8, 4) is 6.07 Å². The Morgan fingerprint density at radius 1 is 1.22 bits per heavy atom. The van der Waals surface area contributed by atoms with Crippen LogP contribution in [0.2, 0.25) is 0 Å². The van der Waals surface area contributed by atoms with Crippen molar-refractivity contribution >= 4 is 34.9 Å². The zero-order valence-electron chi connectivity index (χ0n) is 17.6. The molecule has 2 heterocycles. The number of nitrogens with one attached hydrogen (secondary N) is 3. The molecule has 2 aromatic carbocycles. The van der Waals surface area contributed by atoms with E-state index in [1.165, 1.54) is 6.20 Å². The summed E-state index contributed by atoms with van der Waals surface area (Å²) in [4.78, 5) is 19.4. The molecule has 1 atom stereocenters. The maximum atomic E-state index is 11.6. The number of anilines is 4. The summed E-state index contributed by atoms with van der Waals surface area (Å²) in [7, 11) is 0. The Bertz CT molecular complexity index is 1220.